The molecule has 29 heavy (non-hydrogen) atoms. The fourth-order valence-electron chi connectivity index (χ4n) is 3.98. The van der Waals surface area contributed by atoms with Crippen molar-refractivity contribution in [3.8, 4) is 0 Å². The molecule has 1 heterocycles. The smallest absolute Gasteiger partial charge is 0.240 e. The molecule has 0 bridgehead atoms. The van der Waals surface area contributed by atoms with Gasteiger partial charge in [-0.05, 0) is 51.0 Å². The summed E-state index contributed by atoms with van der Waals surface area (Å²) in [5, 5.41) is 2.67. The Hall–Kier alpha value is -2.26. The molecule has 2 aliphatic rings. The number of carbonyl (C=O) groups is 3. The van der Waals surface area contributed by atoms with Gasteiger partial charge < -0.3 is 5.32 Å². The zero-order chi connectivity index (χ0) is 21.2. The molecule has 1 saturated carbocycles. The summed E-state index contributed by atoms with van der Waals surface area (Å²) in [6.07, 6.45) is 3.43. The number of nitrogens with zero attached hydrogens (tertiary/aromatic N) is 1. The average molecular weight is 422 g/mol. The predicted octanol–water partition coefficient (Wildman–Crippen LogP) is 1.88. The molecular weight excluding hydrogens is 394 g/mol. The Morgan fingerprint density at radius 2 is 1.62 bits per heavy atom. The standard InChI is InChI=1S/C20H27N3O5S/c1-13(2)22-29(27,28)15-9-7-14(8-10-15)21-18(24)11-12-23-19(25)16-5-3-4-6-17(16)20(23)26/h7-10,13,16-17,22H,3-6,11-12H2,1-2H3,(H,21,24). The molecular formula is C20H27N3O5S. The fourth-order valence-corrected chi connectivity index (χ4v) is 5.24. The van der Waals surface area contributed by atoms with Gasteiger partial charge in [-0.2, -0.15) is 0 Å². The van der Waals surface area contributed by atoms with Crippen LogP contribution < -0.4 is 10.0 Å². The number of hydrogen-bond acceptors (Lipinski definition) is 5. The van der Waals surface area contributed by atoms with Crippen LogP contribution in [0.25, 0.3) is 0 Å². The van der Waals surface area contributed by atoms with Crippen molar-refractivity contribution in [3.05, 3.63) is 24.3 Å². The van der Waals surface area contributed by atoms with Crippen molar-refractivity contribution in [2.24, 2.45) is 11.8 Å². The number of benzene rings is 1. The molecule has 0 radical (unpaired) electrons. The van der Waals surface area contributed by atoms with Gasteiger partial charge in [-0.15, -0.1) is 0 Å². The number of hydrogen-bond donors (Lipinski definition) is 2. The van der Waals surface area contributed by atoms with Crippen LogP contribution in [-0.4, -0.2) is 43.6 Å². The maximum atomic E-state index is 12.4. The van der Waals surface area contributed by atoms with Gasteiger partial charge in [0.15, 0.2) is 0 Å². The Morgan fingerprint density at radius 3 is 2.14 bits per heavy atom. The number of imide groups is 1. The highest BCUT2D eigenvalue weighted by Crippen LogP contribution is 2.37. The molecule has 0 spiro atoms. The summed E-state index contributed by atoms with van der Waals surface area (Å²) < 4.78 is 26.7. The van der Waals surface area contributed by atoms with Crippen molar-refractivity contribution in [2.75, 3.05) is 11.9 Å². The summed E-state index contributed by atoms with van der Waals surface area (Å²) in [7, 11) is -3.59. The van der Waals surface area contributed by atoms with E-state index in [1.807, 2.05) is 0 Å². The third kappa shape index (κ3) is 4.84. The second kappa shape index (κ2) is 8.62. The zero-order valence-electron chi connectivity index (χ0n) is 16.7. The molecule has 1 saturated heterocycles. The third-order valence-corrected chi connectivity index (χ3v) is 7.01. The quantitative estimate of drug-likeness (QED) is 0.653. The second-order valence-corrected chi connectivity index (χ2v) is 9.64. The first kappa shape index (κ1) is 21.4. The Morgan fingerprint density at radius 1 is 1.07 bits per heavy atom. The fraction of sp³-hybridized carbons (Fsp3) is 0.550. The van der Waals surface area contributed by atoms with Gasteiger partial charge in [-0.3, -0.25) is 19.3 Å². The number of fused-ring (bicyclic) bond motifs is 1. The Kier molecular flexibility index (Phi) is 6.38. The Balaban J connectivity index is 1.55. The number of carbonyl (C=O) groups excluding carboxylic acids is 3. The molecule has 1 aliphatic carbocycles. The van der Waals surface area contributed by atoms with E-state index in [-0.39, 0.29) is 53.5 Å². The minimum atomic E-state index is -3.59. The van der Waals surface area contributed by atoms with Gasteiger partial charge in [0.05, 0.1) is 16.7 Å². The van der Waals surface area contributed by atoms with Crippen molar-refractivity contribution in [1.82, 2.24) is 9.62 Å². The molecule has 0 aromatic heterocycles. The molecule has 2 unspecified atom stereocenters. The van der Waals surface area contributed by atoms with E-state index < -0.39 is 10.0 Å². The molecule has 3 rings (SSSR count). The van der Waals surface area contributed by atoms with Gasteiger partial charge in [-0.25, -0.2) is 13.1 Å². The molecule has 1 aromatic rings. The minimum Gasteiger partial charge on any atom is -0.326 e. The van der Waals surface area contributed by atoms with E-state index in [1.165, 1.54) is 29.2 Å². The molecule has 1 aliphatic heterocycles. The monoisotopic (exact) mass is 421 g/mol. The van der Waals surface area contributed by atoms with Crippen LogP contribution in [0.1, 0.15) is 46.0 Å². The van der Waals surface area contributed by atoms with Gasteiger partial charge in [0, 0.05) is 24.7 Å². The summed E-state index contributed by atoms with van der Waals surface area (Å²) in [6.45, 7) is 3.54. The zero-order valence-corrected chi connectivity index (χ0v) is 17.5. The van der Waals surface area contributed by atoms with Gasteiger partial charge in [-0.1, -0.05) is 12.8 Å². The number of sulfonamides is 1. The number of rotatable bonds is 7. The van der Waals surface area contributed by atoms with Crippen LogP contribution in [0.2, 0.25) is 0 Å². The summed E-state index contributed by atoms with van der Waals surface area (Å²) in [4.78, 5) is 38.5. The van der Waals surface area contributed by atoms with Crippen LogP contribution in [0.4, 0.5) is 5.69 Å². The summed E-state index contributed by atoms with van der Waals surface area (Å²) >= 11 is 0. The van der Waals surface area contributed by atoms with Crippen molar-refractivity contribution < 1.29 is 22.8 Å². The van der Waals surface area contributed by atoms with E-state index in [4.69, 9.17) is 0 Å². The van der Waals surface area contributed by atoms with Gasteiger partial charge >= 0.3 is 0 Å². The van der Waals surface area contributed by atoms with Crippen LogP contribution in [-0.2, 0) is 24.4 Å². The van der Waals surface area contributed by atoms with E-state index in [9.17, 15) is 22.8 Å². The lowest BCUT2D eigenvalue weighted by atomic mass is 9.81. The van der Waals surface area contributed by atoms with E-state index in [0.29, 0.717) is 5.69 Å². The van der Waals surface area contributed by atoms with Gasteiger partial charge in [0.2, 0.25) is 27.7 Å². The normalized spacial score (nSPS) is 22.1. The lowest BCUT2D eigenvalue weighted by molar-refractivity contribution is -0.140. The predicted molar refractivity (Wildman–Crippen MR) is 107 cm³/mol. The largest absolute Gasteiger partial charge is 0.326 e. The molecule has 1 aromatic carbocycles. The molecule has 8 nitrogen and oxygen atoms in total. The average Bonchev–Trinajstić information content (AvgIpc) is 2.90. The Labute approximate surface area is 171 Å². The van der Waals surface area contributed by atoms with Crippen molar-refractivity contribution >= 4 is 33.4 Å². The molecule has 3 amide bonds. The highest BCUT2D eigenvalue weighted by Gasteiger charge is 2.47. The molecule has 9 heteroatoms. The van der Waals surface area contributed by atoms with Gasteiger partial charge in [0.1, 0.15) is 0 Å². The lowest BCUT2D eigenvalue weighted by Gasteiger charge is -2.19. The minimum absolute atomic E-state index is 0.00583. The maximum Gasteiger partial charge on any atom is 0.240 e. The van der Waals surface area contributed by atoms with Crippen LogP contribution in [0.5, 0.6) is 0 Å². The molecule has 2 atom stereocenters. The molecule has 158 valence electrons. The summed E-state index contributed by atoms with van der Waals surface area (Å²) in [5.41, 5.74) is 0.450. The van der Waals surface area contributed by atoms with Crippen molar-refractivity contribution in [1.29, 1.82) is 0 Å². The number of likely N-dealkylation sites (tertiary alicyclic amines) is 1. The number of anilines is 1. The van der Waals surface area contributed by atoms with Crippen molar-refractivity contribution in [3.63, 3.8) is 0 Å². The Bertz CT molecular complexity index is 871. The SMILES string of the molecule is CC(C)NS(=O)(=O)c1ccc(NC(=O)CCN2C(=O)C3CCCCC3C2=O)cc1. The molecule has 2 fully saturated rings. The lowest BCUT2D eigenvalue weighted by Crippen LogP contribution is -2.34. The summed E-state index contributed by atoms with van der Waals surface area (Å²) in [5.74, 6) is -1.07. The number of nitrogens with one attached hydrogen (secondary N) is 2. The van der Waals surface area contributed by atoms with E-state index >= 15 is 0 Å². The van der Waals surface area contributed by atoms with Crippen LogP contribution in [0.15, 0.2) is 29.2 Å². The molecule has 2 N–H and O–H groups in total. The second-order valence-electron chi connectivity index (χ2n) is 7.92. The van der Waals surface area contributed by atoms with E-state index in [1.54, 1.807) is 13.8 Å². The topological polar surface area (TPSA) is 113 Å². The third-order valence-electron chi connectivity index (χ3n) is 5.33. The number of amides is 3. The van der Waals surface area contributed by atoms with E-state index in [2.05, 4.69) is 10.0 Å². The highest BCUT2D eigenvalue weighted by atomic mass is 32.2. The van der Waals surface area contributed by atoms with Crippen LogP contribution >= 0.6 is 0 Å². The highest BCUT2D eigenvalue weighted by molar-refractivity contribution is 7.89. The van der Waals surface area contributed by atoms with Gasteiger partial charge in [0.25, 0.3) is 0 Å². The first-order valence-corrected chi connectivity index (χ1v) is 11.4. The maximum absolute atomic E-state index is 12.4. The van der Waals surface area contributed by atoms with Crippen LogP contribution in [0.3, 0.4) is 0 Å². The first-order valence-electron chi connectivity index (χ1n) is 9.96. The van der Waals surface area contributed by atoms with Crippen molar-refractivity contribution in [2.45, 2.75) is 56.9 Å². The van der Waals surface area contributed by atoms with Crippen LogP contribution in [0, 0.1) is 11.8 Å². The van der Waals surface area contributed by atoms with E-state index in [0.717, 1.165) is 25.7 Å². The first-order chi connectivity index (χ1) is 13.7. The summed E-state index contributed by atoms with van der Waals surface area (Å²) in [6, 6.07) is 5.62.